The van der Waals surface area contributed by atoms with E-state index < -0.39 is 10.0 Å². The second-order valence-electron chi connectivity index (χ2n) is 6.91. The third-order valence-corrected chi connectivity index (χ3v) is 6.63. The molecule has 0 aliphatic carbocycles. The summed E-state index contributed by atoms with van der Waals surface area (Å²) in [7, 11) is -3.52. The van der Waals surface area contributed by atoms with Crippen LogP contribution >= 0.6 is 0 Å². The van der Waals surface area contributed by atoms with Crippen LogP contribution in [0.1, 0.15) is 37.7 Å². The van der Waals surface area contributed by atoms with Gasteiger partial charge < -0.3 is 4.90 Å². The van der Waals surface area contributed by atoms with E-state index in [4.69, 9.17) is 0 Å². The zero-order valence-corrected chi connectivity index (χ0v) is 16.4. The van der Waals surface area contributed by atoms with Gasteiger partial charge in [0.25, 0.3) is 0 Å². The number of nitrogens with one attached hydrogen (secondary N) is 1. The van der Waals surface area contributed by atoms with Crippen LogP contribution in [0.15, 0.2) is 65.6 Å². The maximum Gasteiger partial charge on any atom is 0.240 e. The molecule has 2 aromatic carbocycles. The number of amides is 1. The number of hydrogen-bond acceptors (Lipinski definition) is 3. The molecule has 3 rings (SSSR count). The van der Waals surface area contributed by atoms with Crippen LogP contribution < -0.4 is 4.72 Å². The molecule has 2 aromatic rings. The standard InChI is InChI=1S/C21H26N2O3S/c1-2-20(17-9-5-3-6-10-17)21(24)23-15-13-18(14-16-23)22-27(25,26)19-11-7-4-8-12-19/h3-12,18,20,22H,2,13-16H2,1H3/t20-/m0/s1. The highest BCUT2D eigenvalue weighted by Gasteiger charge is 2.30. The number of rotatable bonds is 6. The fourth-order valence-corrected chi connectivity index (χ4v) is 4.89. The third-order valence-electron chi connectivity index (χ3n) is 5.09. The largest absolute Gasteiger partial charge is 0.342 e. The Morgan fingerprint density at radius 2 is 1.59 bits per heavy atom. The quantitative estimate of drug-likeness (QED) is 0.829. The molecule has 1 aliphatic rings. The van der Waals surface area contributed by atoms with E-state index >= 15 is 0 Å². The lowest BCUT2D eigenvalue weighted by Gasteiger charge is -2.34. The molecule has 0 radical (unpaired) electrons. The topological polar surface area (TPSA) is 66.5 Å². The van der Waals surface area contributed by atoms with Crippen LogP contribution in [0.4, 0.5) is 0 Å². The van der Waals surface area contributed by atoms with Gasteiger partial charge in [0.05, 0.1) is 10.8 Å². The minimum Gasteiger partial charge on any atom is -0.342 e. The Kier molecular flexibility index (Phi) is 6.29. The maximum atomic E-state index is 12.9. The Balaban J connectivity index is 1.59. The summed E-state index contributed by atoms with van der Waals surface area (Å²) in [4.78, 5) is 15.1. The monoisotopic (exact) mass is 386 g/mol. The van der Waals surface area contributed by atoms with E-state index in [0.29, 0.717) is 25.9 Å². The van der Waals surface area contributed by atoms with Gasteiger partial charge in [0.1, 0.15) is 0 Å². The molecular formula is C21H26N2O3S. The molecule has 0 saturated carbocycles. The van der Waals surface area contributed by atoms with Crippen LogP contribution in [0, 0.1) is 0 Å². The van der Waals surface area contributed by atoms with Crippen LogP contribution in [0.2, 0.25) is 0 Å². The average molecular weight is 387 g/mol. The average Bonchev–Trinajstić information content (AvgIpc) is 2.70. The van der Waals surface area contributed by atoms with Gasteiger partial charge in [0.2, 0.25) is 15.9 Å². The zero-order valence-electron chi connectivity index (χ0n) is 15.5. The van der Waals surface area contributed by atoms with Crippen molar-refractivity contribution >= 4 is 15.9 Å². The summed E-state index contributed by atoms with van der Waals surface area (Å²) < 4.78 is 27.7. The molecule has 5 nitrogen and oxygen atoms in total. The molecule has 0 spiro atoms. The van der Waals surface area contributed by atoms with Crippen molar-refractivity contribution in [2.45, 2.75) is 43.0 Å². The maximum absolute atomic E-state index is 12.9. The van der Waals surface area contributed by atoms with Crippen molar-refractivity contribution in [3.8, 4) is 0 Å². The summed E-state index contributed by atoms with van der Waals surface area (Å²) in [5.74, 6) is -0.00294. The number of hydrogen-bond donors (Lipinski definition) is 1. The second kappa shape index (κ2) is 8.67. The number of nitrogens with zero attached hydrogens (tertiary/aromatic N) is 1. The Bertz CT molecular complexity index is 846. The molecule has 1 heterocycles. The van der Waals surface area contributed by atoms with E-state index in [1.165, 1.54) is 0 Å². The lowest BCUT2D eigenvalue weighted by atomic mass is 9.94. The van der Waals surface area contributed by atoms with Crippen molar-refractivity contribution in [1.29, 1.82) is 0 Å². The van der Waals surface area contributed by atoms with Crippen LogP contribution in [-0.4, -0.2) is 38.4 Å². The molecule has 1 N–H and O–H groups in total. The highest BCUT2D eigenvalue weighted by atomic mass is 32.2. The van der Waals surface area contributed by atoms with Gasteiger partial charge in [-0.15, -0.1) is 0 Å². The van der Waals surface area contributed by atoms with Gasteiger partial charge in [0.15, 0.2) is 0 Å². The molecule has 27 heavy (non-hydrogen) atoms. The first-order valence-electron chi connectivity index (χ1n) is 9.42. The molecule has 0 aromatic heterocycles. The van der Waals surface area contributed by atoms with E-state index in [1.807, 2.05) is 42.2 Å². The first-order valence-corrected chi connectivity index (χ1v) is 10.9. The Morgan fingerprint density at radius 3 is 2.15 bits per heavy atom. The molecule has 0 unspecified atom stereocenters. The molecule has 1 fully saturated rings. The number of benzene rings is 2. The van der Waals surface area contributed by atoms with Crippen molar-refractivity contribution in [3.05, 3.63) is 66.2 Å². The molecular weight excluding hydrogens is 360 g/mol. The van der Waals surface area contributed by atoms with Gasteiger partial charge in [-0.1, -0.05) is 55.5 Å². The van der Waals surface area contributed by atoms with Crippen molar-refractivity contribution in [3.63, 3.8) is 0 Å². The predicted molar refractivity (Wildman–Crippen MR) is 106 cm³/mol. The van der Waals surface area contributed by atoms with Crippen molar-refractivity contribution < 1.29 is 13.2 Å². The summed E-state index contributed by atoms with van der Waals surface area (Å²) in [6, 6.07) is 18.1. The van der Waals surface area contributed by atoms with Gasteiger partial charge in [-0.05, 0) is 37.0 Å². The van der Waals surface area contributed by atoms with Crippen molar-refractivity contribution in [1.82, 2.24) is 9.62 Å². The van der Waals surface area contributed by atoms with Gasteiger partial charge in [0, 0.05) is 19.1 Å². The highest BCUT2D eigenvalue weighted by Crippen LogP contribution is 2.24. The van der Waals surface area contributed by atoms with Crippen molar-refractivity contribution in [2.24, 2.45) is 0 Å². The van der Waals surface area contributed by atoms with E-state index in [0.717, 1.165) is 12.0 Å². The van der Waals surface area contributed by atoms with Gasteiger partial charge in [-0.25, -0.2) is 13.1 Å². The van der Waals surface area contributed by atoms with Crippen LogP contribution in [0.5, 0.6) is 0 Å². The van der Waals surface area contributed by atoms with Gasteiger partial charge in [-0.3, -0.25) is 4.79 Å². The SMILES string of the molecule is CC[C@H](C(=O)N1CCC(NS(=O)(=O)c2ccccc2)CC1)c1ccccc1. The smallest absolute Gasteiger partial charge is 0.240 e. The highest BCUT2D eigenvalue weighted by molar-refractivity contribution is 7.89. The zero-order chi connectivity index (χ0) is 19.3. The first-order chi connectivity index (χ1) is 13.0. The number of carbonyl (C=O) groups is 1. The van der Waals surface area contributed by atoms with E-state index in [9.17, 15) is 13.2 Å². The van der Waals surface area contributed by atoms with E-state index in [1.54, 1.807) is 30.3 Å². The van der Waals surface area contributed by atoms with Gasteiger partial charge >= 0.3 is 0 Å². The normalized spacial score (nSPS) is 16.9. The fourth-order valence-electron chi connectivity index (χ4n) is 3.56. The number of likely N-dealkylation sites (tertiary alicyclic amines) is 1. The molecule has 1 aliphatic heterocycles. The summed E-state index contributed by atoms with van der Waals surface area (Å²) >= 11 is 0. The van der Waals surface area contributed by atoms with E-state index in [2.05, 4.69) is 4.72 Å². The lowest BCUT2D eigenvalue weighted by Crippen LogP contribution is -2.47. The molecule has 0 bridgehead atoms. The van der Waals surface area contributed by atoms with E-state index in [-0.39, 0.29) is 22.8 Å². The molecule has 1 atom stereocenters. The Hall–Kier alpha value is -2.18. The third kappa shape index (κ3) is 4.76. The molecule has 6 heteroatoms. The predicted octanol–water partition coefficient (Wildman–Crippen LogP) is 3.15. The van der Waals surface area contributed by atoms with Crippen LogP contribution in [0.25, 0.3) is 0 Å². The minimum atomic E-state index is -3.52. The Labute approximate surface area is 161 Å². The number of sulfonamides is 1. The number of carbonyl (C=O) groups excluding carboxylic acids is 1. The summed E-state index contributed by atoms with van der Waals surface area (Å²) in [5.41, 5.74) is 1.04. The minimum absolute atomic E-state index is 0.132. The van der Waals surface area contributed by atoms with Crippen LogP contribution in [-0.2, 0) is 14.8 Å². The number of piperidine rings is 1. The van der Waals surface area contributed by atoms with Crippen LogP contribution in [0.3, 0.4) is 0 Å². The van der Waals surface area contributed by atoms with Crippen molar-refractivity contribution in [2.75, 3.05) is 13.1 Å². The van der Waals surface area contributed by atoms with Gasteiger partial charge in [-0.2, -0.15) is 0 Å². The summed E-state index contributed by atoms with van der Waals surface area (Å²) in [6.45, 7) is 3.17. The molecule has 144 valence electrons. The summed E-state index contributed by atoms with van der Waals surface area (Å²) in [6.07, 6.45) is 2.01. The first kappa shape index (κ1) is 19.6. The fraction of sp³-hybridized carbons (Fsp3) is 0.381. The molecule has 1 saturated heterocycles. The Morgan fingerprint density at radius 1 is 1.04 bits per heavy atom. The summed E-state index contributed by atoms with van der Waals surface area (Å²) in [5, 5.41) is 0. The molecule has 1 amide bonds. The second-order valence-corrected chi connectivity index (χ2v) is 8.62. The lowest BCUT2D eigenvalue weighted by molar-refractivity contribution is -0.134.